The molecule has 1 saturated heterocycles. The lowest BCUT2D eigenvalue weighted by molar-refractivity contribution is -0.132. The number of rotatable bonds is 6. The van der Waals surface area contributed by atoms with Crippen LogP contribution in [-0.4, -0.2) is 64.5 Å². The van der Waals surface area contributed by atoms with Crippen molar-refractivity contribution >= 4 is 15.9 Å². The first-order valence-corrected chi connectivity index (χ1v) is 11.6. The number of hydrogen-bond acceptors (Lipinski definition) is 5. The van der Waals surface area contributed by atoms with E-state index < -0.39 is 10.0 Å². The number of carbonyl (C=O) groups excluding carboxylic acids is 1. The fourth-order valence-corrected chi connectivity index (χ4v) is 5.34. The van der Waals surface area contributed by atoms with Gasteiger partial charge in [0.15, 0.2) is 0 Å². The third kappa shape index (κ3) is 4.67. The van der Waals surface area contributed by atoms with Gasteiger partial charge >= 0.3 is 0 Å². The molecule has 1 amide bonds. The Morgan fingerprint density at radius 2 is 1.77 bits per heavy atom. The molecule has 3 aromatic rings. The minimum atomic E-state index is -3.74. The van der Waals surface area contributed by atoms with Gasteiger partial charge in [-0.3, -0.25) is 14.5 Å². The summed E-state index contributed by atoms with van der Waals surface area (Å²) >= 11 is 0. The maximum Gasteiger partial charge on any atom is 0.246 e. The quantitative estimate of drug-likeness (QED) is 0.586. The average molecular weight is 440 g/mol. The number of amides is 1. The second kappa shape index (κ2) is 8.99. The number of carbonyl (C=O) groups is 1. The zero-order chi connectivity index (χ0) is 21.8. The molecule has 3 heterocycles. The molecule has 9 heteroatoms. The lowest BCUT2D eigenvalue weighted by Crippen LogP contribution is -2.50. The predicted molar refractivity (Wildman–Crippen MR) is 117 cm³/mol. The van der Waals surface area contributed by atoms with Crippen molar-refractivity contribution in [2.75, 3.05) is 26.2 Å². The first-order chi connectivity index (χ1) is 14.9. The number of pyridine rings is 1. The molecular weight excluding hydrogens is 414 g/mol. The summed E-state index contributed by atoms with van der Waals surface area (Å²) in [6, 6.07) is 13.4. The number of hydrogen-bond donors (Lipinski definition) is 0. The molecule has 1 aliphatic heterocycles. The Morgan fingerprint density at radius 1 is 1.03 bits per heavy atom. The molecule has 1 fully saturated rings. The SMILES string of the molecule is Cn1cc(S(=O)(=O)N2CCN(C(=O)CCc3ccccc3)CC2)c(-c2cccnc2)n1. The van der Waals surface area contributed by atoms with E-state index in [1.165, 1.54) is 15.2 Å². The molecule has 162 valence electrons. The van der Waals surface area contributed by atoms with Crippen molar-refractivity contribution in [2.24, 2.45) is 7.05 Å². The number of benzene rings is 1. The molecule has 0 N–H and O–H groups in total. The zero-order valence-electron chi connectivity index (χ0n) is 17.4. The number of aromatic nitrogens is 3. The van der Waals surface area contributed by atoms with Gasteiger partial charge in [0, 0.05) is 63.8 Å². The summed E-state index contributed by atoms with van der Waals surface area (Å²) in [5.41, 5.74) is 2.16. The van der Waals surface area contributed by atoms with Gasteiger partial charge in [-0.1, -0.05) is 30.3 Å². The minimum absolute atomic E-state index is 0.0540. The Kier molecular flexibility index (Phi) is 6.15. The van der Waals surface area contributed by atoms with E-state index in [4.69, 9.17) is 0 Å². The Hall–Kier alpha value is -3.04. The number of piperazine rings is 1. The van der Waals surface area contributed by atoms with Crippen LogP contribution in [0.25, 0.3) is 11.3 Å². The van der Waals surface area contributed by atoms with Gasteiger partial charge in [-0.15, -0.1) is 0 Å². The van der Waals surface area contributed by atoms with Gasteiger partial charge in [0.2, 0.25) is 15.9 Å². The zero-order valence-corrected chi connectivity index (χ0v) is 18.2. The monoisotopic (exact) mass is 439 g/mol. The fourth-order valence-electron chi connectivity index (χ4n) is 3.73. The second-order valence-electron chi connectivity index (χ2n) is 7.53. The lowest BCUT2D eigenvalue weighted by atomic mass is 10.1. The van der Waals surface area contributed by atoms with Crippen molar-refractivity contribution in [3.05, 3.63) is 66.6 Å². The van der Waals surface area contributed by atoms with Gasteiger partial charge < -0.3 is 4.90 Å². The summed E-state index contributed by atoms with van der Waals surface area (Å²) in [6.07, 6.45) is 5.86. The molecule has 0 atom stereocenters. The molecule has 31 heavy (non-hydrogen) atoms. The number of aryl methyl sites for hydroxylation is 2. The molecule has 2 aromatic heterocycles. The predicted octanol–water partition coefficient (Wildman–Crippen LogP) is 1.95. The van der Waals surface area contributed by atoms with E-state index in [0.29, 0.717) is 37.2 Å². The number of nitrogens with zero attached hydrogens (tertiary/aromatic N) is 5. The standard InChI is InChI=1S/C22H25N5O3S/c1-25-17-20(22(24-25)19-8-5-11-23-16-19)31(29,30)27-14-12-26(13-15-27)21(28)10-9-18-6-3-2-4-7-18/h2-8,11,16-17H,9-10,12-15H2,1H3. The molecule has 0 aliphatic carbocycles. The maximum atomic E-state index is 13.3. The topological polar surface area (TPSA) is 88.4 Å². The van der Waals surface area contributed by atoms with Crippen LogP contribution >= 0.6 is 0 Å². The van der Waals surface area contributed by atoms with Crippen LogP contribution in [0.15, 0.2) is 66.0 Å². The average Bonchev–Trinajstić information content (AvgIpc) is 3.21. The van der Waals surface area contributed by atoms with E-state index in [1.54, 1.807) is 36.5 Å². The largest absolute Gasteiger partial charge is 0.340 e. The Morgan fingerprint density at radius 3 is 2.45 bits per heavy atom. The van der Waals surface area contributed by atoms with E-state index >= 15 is 0 Å². The Labute approximate surface area is 182 Å². The van der Waals surface area contributed by atoms with Crippen molar-refractivity contribution in [3.8, 4) is 11.3 Å². The van der Waals surface area contributed by atoms with Crippen molar-refractivity contribution in [1.29, 1.82) is 0 Å². The number of sulfonamides is 1. The van der Waals surface area contributed by atoms with E-state index in [1.807, 2.05) is 30.3 Å². The highest BCUT2D eigenvalue weighted by Crippen LogP contribution is 2.28. The molecule has 0 unspecified atom stereocenters. The van der Waals surface area contributed by atoms with Crippen LogP contribution in [0.5, 0.6) is 0 Å². The molecule has 0 bridgehead atoms. The highest BCUT2D eigenvalue weighted by Gasteiger charge is 2.33. The summed E-state index contributed by atoms with van der Waals surface area (Å²) in [6.45, 7) is 1.30. The minimum Gasteiger partial charge on any atom is -0.340 e. The van der Waals surface area contributed by atoms with Gasteiger partial charge in [0.05, 0.1) is 0 Å². The maximum absolute atomic E-state index is 13.3. The Bertz CT molecular complexity index is 1140. The first-order valence-electron chi connectivity index (χ1n) is 10.2. The van der Waals surface area contributed by atoms with Crippen molar-refractivity contribution < 1.29 is 13.2 Å². The molecular formula is C22H25N5O3S. The smallest absolute Gasteiger partial charge is 0.246 e. The van der Waals surface area contributed by atoms with Crippen molar-refractivity contribution in [3.63, 3.8) is 0 Å². The van der Waals surface area contributed by atoms with Gasteiger partial charge in [0.1, 0.15) is 10.6 Å². The molecule has 4 rings (SSSR count). The second-order valence-corrected chi connectivity index (χ2v) is 9.43. The van der Waals surface area contributed by atoms with Gasteiger partial charge in [-0.2, -0.15) is 9.40 Å². The van der Waals surface area contributed by atoms with Crippen LogP contribution in [0.1, 0.15) is 12.0 Å². The lowest BCUT2D eigenvalue weighted by Gasteiger charge is -2.34. The van der Waals surface area contributed by atoms with Crippen molar-refractivity contribution in [2.45, 2.75) is 17.7 Å². The third-order valence-corrected chi connectivity index (χ3v) is 7.31. The molecule has 8 nitrogen and oxygen atoms in total. The third-order valence-electron chi connectivity index (χ3n) is 5.41. The summed E-state index contributed by atoms with van der Waals surface area (Å²) in [7, 11) is -2.04. The molecule has 1 aromatic carbocycles. The highest BCUT2D eigenvalue weighted by atomic mass is 32.2. The van der Waals surface area contributed by atoms with Crippen LogP contribution in [0.2, 0.25) is 0 Å². The van der Waals surface area contributed by atoms with Crippen LogP contribution in [-0.2, 0) is 28.3 Å². The van der Waals surface area contributed by atoms with E-state index in [2.05, 4.69) is 10.1 Å². The van der Waals surface area contributed by atoms with E-state index in [9.17, 15) is 13.2 Å². The Balaban J connectivity index is 1.42. The first kappa shape index (κ1) is 21.2. The van der Waals surface area contributed by atoms with Crippen molar-refractivity contribution in [1.82, 2.24) is 24.0 Å². The summed E-state index contributed by atoms with van der Waals surface area (Å²) < 4.78 is 29.6. The summed E-state index contributed by atoms with van der Waals surface area (Å²) in [5.74, 6) is 0.0540. The normalized spacial score (nSPS) is 15.2. The summed E-state index contributed by atoms with van der Waals surface area (Å²) in [5, 5.41) is 4.34. The molecule has 0 radical (unpaired) electrons. The molecule has 0 spiro atoms. The van der Waals surface area contributed by atoms with Gasteiger partial charge in [-0.25, -0.2) is 8.42 Å². The van der Waals surface area contributed by atoms with Crippen LogP contribution in [0, 0.1) is 0 Å². The van der Waals surface area contributed by atoms with Crippen LogP contribution < -0.4 is 0 Å². The van der Waals surface area contributed by atoms with E-state index in [-0.39, 0.29) is 23.9 Å². The van der Waals surface area contributed by atoms with Gasteiger partial charge in [-0.05, 0) is 24.1 Å². The van der Waals surface area contributed by atoms with E-state index in [0.717, 1.165) is 5.56 Å². The van der Waals surface area contributed by atoms with Crippen LogP contribution in [0.3, 0.4) is 0 Å². The fraction of sp³-hybridized carbons (Fsp3) is 0.318. The highest BCUT2D eigenvalue weighted by molar-refractivity contribution is 7.89. The van der Waals surface area contributed by atoms with Crippen LogP contribution in [0.4, 0.5) is 0 Å². The summed E-state index contributed by atoms with van der Waals surface area (Å²) in [4.78, 5) is 18.6. The molecule has 1 aliphatic rings. The van der Waals surface area contributed by atoms with Gasteiger partial charge in [0.25, 0.3) is 0 Å². The molecule has 0 saturated carbocycles.